The van der Waals surface area contributed by atoms with Gasteiger partial charge in [0.15, 0.2) is 9.84 Å². The number of carbonyl (C=O) groups excluding carboxylic acids is 1. The minimum Gasteiger partial charge on any atom is -0.465 e. The van der Waals surface area contributed by atoms with Crippen molar-refractivity contribution in [3.8, 4) is 0 Å². The van der Waals surface area contributed by atoms with Gasteiger partial charge >= 0.3 is 5.97 Å². The molecule has 94 valence electrons. The molecule has 1 fully saturated rings. The van der Waals surface area contributed by atoms with Crippen molar-refractivity contribution in [1.29, 1.82) is 0 Å². The average molecular weight is 249 g/mol. The van der Waals surface area contributed by atoms with E-state index in [1.165, 1.54) is 0 Å². The molecule has 5 nitrogen and oxygen atoms in total. The third kappa shape index (κ3) is 3.45. The monoisotopic (exact) mass is 249 g/mol. The van der Waals surface area contributed by atoms with E-state index in [0.29, 0.717) is 12.8 Å². The number of ether oxygens (including phenoxy) is 1. The van der Waals surface area contributed by atoms with Crippen LogP contribution in [0.3, 0.4) is 0 Å². The van der Waals surface area contributed by atoms with Crippen LogP contribution in [-0.2, 0) is 19.4 Å². The van der Waals surface area contributed by atoms with Gasteiger partial charge < -0.3 is 10.1 Å². The molecular formula is C10H19NO4S. The Balaban J connectivity index is 2.55. The summed E-state index contributed by atoms with van der Waals surface area (Å²) in [4.78, 5) is 11.1. The first kappa shape index (κ1) is 13.4. The maximum Gasteiger partial charge on any atom is 0.321 e. The van der Waals surface area contributed by atoms with E-state index in [0.717, 1.165) is 6.42 Å². The third-order valence-electron chi connectivity index (χ3n) is 2.92. The maximum absolute atomic E-state index is 11.9. The molecule has 2 unspecified atom stereocenters. The second kappa shape index (κ2) is 5.63. The molecule has 0 bridgehead atoms. The number of nitrogens with one attached hydrogen (secondary N) is 1. The molecule has 0 aromatic carbocycles. The van der Waals surface area contributed by atoms with Gasteiger partial charge in [-0.3, -0.25) is 4.79 Å². The van der Waals surface area contributed by atoms with Gasteiger partial charge in [0.25, 0.3) is 0 Å². The van der Waals surface area contributed by atoms with Crippen molar-refractivity contribution in [1.82, 2.24) is 5.32 Å². The van der Waals surface area contributed by atoms with Gasteiger partial charge in [-0.15, -0.1) is 0 Å². The van der Waals surface area contributed by atoms with Crippen molar-refractivity contribution < 1.29 is 17.9 Å². The van der Waals surface area contributed by atoms with Crippen molar-refractivity contribution in [2.45, 2.75) is 37.5 Å². The highest BCUT2D eigenvalue weighted by Gasteiger charge is 2.35. The van der Waals surface area contributed by atoms with Crippen LogP contribution in [0.5, 0.6) is 0 Å². The van der Waals surface area contributed by atoms with Crippen molar-refractivity contribution in [2.75, 3.05) is 19.4 Å². The van der Waals surface area contributed by atoms with Crippen LogP contribution in [0.1, 0.15) is 26.2 Å². The van der Waals surface area contributed by atoms with Gasteiger partial charge in [-0.1, -0.05) is 0 Å². The Labute approximate surface area is 96.5 Å². The standard InChI is InChI=1S/C10H19NO4S/c1-3-15-10(12)7-16(13,14)9-5-4-8(6-9)11-2/h8-9,11H,3-7H2,1-2H3. The average Bonchev–Trinajstić information content (AvgIpc) is 2.65. The Kier molecular flexibility index (Phi) is 4.73. The smallest absolute Gasteiger partial charge is 0.321 e. The van der Waals surface area contributed by atoms with Crippen LogP contribution in [0, 0.1) is 0 Å². The molecular weight excluding hydrogens is 230 g/mol. The lowest BCUT2D eigenvalue weighted by Gasteiger charge is -2.11. The normalized spacial score (nSPS) is 25.6. The highest BCUT2D eigenvalue weighted by Crippen LogP contribution is 2.25. The molecule has 1 aliphatic carbocycles. The lowest BCUT2D eigenvalue weighted by molar-refractivity contribution is -0.139. The molecule has 0 aliphatic heterocycles. The summed E-state index contributed by atoms with van der Waals surface area (Å²) in [6.45, 7) is 1.88. The first-order valence-electron chi connectivity index (χ1n) is 5.54. The largest absolute Gasteiger partial charge is 0.465 e. The summed E-state index contributed by atoms with van der Waals surface area (Å²) in [6, 6.07) is 0.252. The van der Waals surface area contributed by atoms with E-state index in [2.05, 4.69) is 10.1 Å². The summed E-state index contributed by atoms with van der Waals surface area (Å²) < 4.78 is 28.4. The molecule has 1 aliphatic rings. The number of carbonyl (C=O) groups is 1. The summed E-state index contributed by atoms with van der Waals surface area (Å²) in [7, 11) is -1.51. The molecule has 1 saturated carbocycles. The Morgan fingerprint density at radius 1 is 1.44 bits per heavy atom. The van der Waals surface area contributed by atoms with E-state index in [9.17, 15) is 13.2 Å². The maximum atomic E-state index is 11.9. The van der Waals surface area contributed by atoms with Crippen LogP contribution >= 0.6 is 0 Å². The highest BCUT2D eigenvalue weighted by molar-refractivity contribution is 7.92. The Bertz CT molecular complexity index is 339. The number of hydrogen-bond donors (Lipinski definition) is 1. The van der Waals surface area contributed by atoms with Gasteiger partial charge in [0.2, 0.25) is 0 Å². The molecule has 0 amide bonds. The SMILES string of the molecule is CCOC(=O)CS(=O)(=O)C1CCC(NC)C1. The van der Waals surface area contributed by atoms with Gasteiger partial charge in [-0.2, -0.15) is 0 Å². The van der Waals surface area contributed by atoms with Gasteiger partial charge in [0, 0.05) is 6.04 Å². The van der Waals surface area contributed by atoms with Crippen LogP contribution < -0.4 is 5.32 Å². The number of hydrogen-bond acceptors (Lipinski definition) is 5. The summed E-state index contributed by atoms with van der Waals surface area (Å²) in [6.07, 6.45) is 2.08. The van der Waals surface area contributed by atoms with Crippen LogP contribution in [0.15, 0.2) is 0 Å². The van der Waals surface area contributed by atoms with Crippen molar-refractivity contribution in [3.63, 3.8) is 0 Å². The predicted molar refractivity (Wildman–Crippen MR) is 60.9 cm³/mol. The zero-order chi connectivity index (χ0) is 12.2. The van der Waals surface area contributed by atoms with E-state index in [4.69, 9.17) is 0 Å². The fourth-order valence-electron chi connectivity index (χ4n) is 2.01. The molecule has 6 heteroatoms. The van der Waals surface area contributed by atoms with Crippen molar-refractivity contribution in [2.24, 2.45) is 0 Å². The van der Waals surface area contributed by atoms with E-state index in [1.807, 2.05) is 7.05 Å². The van der Waals surface area contributed by atoms with Crippen molar-refractivity contribution in [3.05, 3.63) is 0 Å². The first-order valence-corrected chi connectivity index (χ1v) is 7.25. The third-order valence-corrected chi connectivity index (χ3v) is 5.01. The quantitative estimate of drug-likeness (QED) is 0.700. The minimum absolute atomic E-state index is 0.220. The van der Waals surface area contributed by atoms with E-state index in [1.54, 1.807) is 6.92 Å². The summed E-state index contributed by atoms with van der Waals surface area (Å²) in [5, 5.41) is 2.67. The van der Waals surface area contributed by atoms with E-state index < -0.39 is 26.8 Å². The fraction of sp³-hybridized carbons (Fsp3) is 0.900. The minimum atomic E-state index is -3.34. The van der Waals surface area contributed by atoms with Gasteiger partial charge in [0.1, 0.15) is 5.75 Å². The molecule has 0 saturated heterocycles. The lowest BCUT2D eigenvalue weighted by Crippen LogP contribution is -2.29. The van der Waals surface area contributed by atoms with E-state index in [-0.39, 0.29) is 12.6 Å². The Morgan fingerprint density at radius 2 is 2.12 bits per heavy atom. The van der Waals surface area contributed by atoms with Crippen LogP contribution in [-0.4, -0.2) is 45.1 Å². The Hall–Kier alpha value is -0.620. The molecule has 0 spiro atoms. The van der Waals surface area contributed by atoms with Crippen LogP contribution in [0.2, 0.25) is 0 Å². The zero-order valence-corrected chi connectivity index (χ0v) is 10.5. The van der Waals surface area contributed by atoms with Crippen LogP contribution in [0.4, 0.5) is 0 Å². The number of rotatable bonds is 5. The van der Waals surface area contributed by atoms with Crippen molar-refractivity contribution >= 4 is 15.8 Å². The lowest BCUT2D eigenvalue weighted by atomic mass is 10.3. The first-order chi connectivity index (χ1) is 7.49. The fourth-order valence-corrected chi connectivity index (χ4v) is 3.68. The molecule has 1 rings (SSSR count). The molecule has 16 heavy (non-hydrogen) atoms. The van der Waals surface area contributed by atoms with Gasteiger partial charge in [0.05, 0.1) is 11.9 Å². The molecule has 0 aromatic rings. The number of sulfone groups is 1. The molecule has 1 N–H and O–H groups in total. The Morgan fingerprint density at radius 3 is 2.62 bits per heavy atom. The van der Waals surface area contributed by atoms with Gasteiger partial charge in [-0.25, -0.2) is 8.42 Å². The molecule has 2 atom stereocenters. The topological polar surface area (TPSA) is 72.5 Å². The summed E-state index contributed by atoms with van der Waals surface area (Å²) >= 11 is 0. The molecule has 0 heterocycles. The molecule has 0 radical (unpaired) electrons. The summed E-state index contributed by atoms with van der Waals surface area (Å²) in [5.74, 6) is -1.13. The zero-order valence-electron chi connectivity index (χ0n) is 9.73. The van der Waals surface area contributed by atoms with Crippen LogP contribution in [0.25, 0.3) is 0 Å². The highest BCUT2D eigenvalue weighted by atomic mass is 32.2. The second-order valence-corrected chi connectivity index (χ2v) is 6.31. The molecule has 0 aromatic heterocycles. The second-order valence-electron chi connectivity index (χ2n) is 4.03. The van der Waals surface area contributed by atoms with E-state index >= 15 is 0 Å². The van der Waals surface area contributed by atoms with Gasteiger partial charge in [-0.05, 0) is 33.2 Å². The summed E-state index contributed by atoms with van der Waals surface area (Å²) in [5.41, 5.74) is 0. The predicted octanol–water partition coefficient (Wildman–Crippen LogP) is 0.105. The number of esters is 1.